The maximum Gasteiger partial charge on any atom is 0.224 e. The van der Waals surface area contributed by atoms with Gasteiger partial charge in [-0.3, -0.25) is 0 Å². The van der Waals surface area contributed by atoms with Crippen LogP contribution in [0.4, 0.5) is 5.95 Å². The molecule has 1 fully saturated rings. The lowest BCUT2D eigenvalue weighted by Crippen LogP contribution is -2.18. The lowest BCUT2D eigenvalue weighted by molar-refractivity contribution is -0.0394. The molecule has 0 aliphatic carbocycles. The number of rotatable bonds is 5. The molecular formula is C20H22Cl2IN7O. The highest BCUT2D eigenvalue weighted by atomic mass is 127. The van der Waals surface area contributed by atoms with Crippen molar-refractivity contribution in [3.05, 3.63) is 46.6 Å². The van der Waals surface area contributed by atoms with Gasteiger partial charge in [0, 0.05) is 42.1 Å². The monoisotopic (exact) mass is 573 g/mol. The van der Waals surface area contributed by atoms with Crippen molar-refractivity contribution >= 4 is 64.0 Å². The second kappa shape index (κ2) is 9.35. The van der Waals surface area contributed by atoms with Crippen molar-refractivity contribution < 1.29 is 4.74 Å². The number of H-pyrrole nitrogens is 1. The number of nitrogens with zero attached hydrogens (tertiary/aromatic N) is 5. The molecule has 4 heterocycles. The zero-order valence-electron chi connectivity index (χ0n) is 16.8. The summed E-state index contributed by atoms with van der Waals surface area (Å²) < 4.78 is 9.61. The van der Waals surface area contributed by atoms with E-state index in [1.165, 1.54) is 0 Å². The van der Waals surface area contributed by atoms with Crippen molar-refractivity contribution in [2.75, 3.05) is 11.9 Å². The molecule has 0 saturated carbocycles. The van der Waals surface area contributed by atoms with E-state index in [1.807, 2.05) is 40.8 Å². The van der Waals surface area contributed by atoms with Crippen LogP contribution in [0.3, 0.4) is 0 Å². The molecule has 0 spiro atoms. The number of nitrogens with one attached hydrogen (secondary N) is 2. The average molecular weight is 574 g/mol. The molecule has 0 bridgehead atoms. The van der Waals surface area contributed by atoms with Crippen LogP contribution in [0.1, 0.15) is 31.2 Å². The van der Waals surface area contributed by atoms with Crippen LogP contribution in [0.25, 0.3) is 22.0 Å². The molecule has 4 aromatic rings. The maximum atomic E-state index is 6.50. The summed E-state index contributed by atoms with van der Waals surface area (Å²) in [6, 6.07) is 3.80. The summed E-state index contributed by atoms with van der Waals surface area (Å²) in [6.45, 7) is 1.28. The first-order valence-electron chi connectivity index (χ1n) is 9.84. The van der Waals surface area contributed by atoms with Gasteiger partial charge in [0.15, 0.2) is 0 Å². The van der Waals surface area contributed by atoms with Crippen LogP contribution in [0.5, 0.6) is 0 Å². The average Bonchev–Trinajstić information content (AvgIpc) is 3.48. The Bertz CT molecular complexity index is 1200. The van der Waals surface area contributed by atoms with Gasteiger partial charge in [0.25, 0.3) is 0 Å². The Morgan fingerprint density at radius 3 is 2.90 bits per heavy atom. The van der Waals surface area contributed by atoms with E-state index in [1.54, 1.807) is 6.33 Å². The number of benzene rings is 1. The molecule has 164 valence electrons. The zero-order valence-corrected chi connectivity index (χ0v) is 20.7. The quantitative estimate of drug-likeness (QED) is 0.312. The first-order chi connectivity index (χ1) is 14.6. The third-order valence-corrected chi connectivity index (χ3v) is 6.22. The molecule has 3 aromatic heterocycles. The van der Waals surface area contributed by atoms with Gasteiger partial charge in [-0.1, -0.05) is 29.3 Å². The summed E-state index contributed by atoms with van der Waals surface area (Å²) in [6.07, 6.45) is 8.76. The molecule has 0 amide bonds. The first kappa shape index (κ1) is 22.4. The lowest BCUT2D eigenvalue weighted by atomic mass is 10.0. The number of halogens is 3. The molecule has 1 aliphatic rings. The summed E-state index contributed by atoms with van der Waals surface area (Å²) in [4.78, 5) is 3.44. The Hall–Kier alpha value is -1.82. The van der Waals surface area contributed by atoms with Crippen molar-refractivity contribution in [2.24, 2.45) is 7.05 Å². The second-order valence-corrected chi connectivity index (χ2v) is 8.20. The smallest absolute Gasteiger partial charge is 0.224 e. The zero-order chi connectivity index (χ0) is 20.7. The lowest BCUT2D eigenvalue weighted by Gasteiger charge is -2.22. The van der Waals surface area contributed by atoms with E-state index < -0.39 is 0 Å². The summed E-state index contributed by atoms with van der Waals surface area (Å²) in [5, 5.41) is 17.9. The van der Waals surface area contributed by atoms with Crippen LogP contribution in [0.2, 0.25) is 10.0 Å². The highest BCUT2D eigenvalue weighted by Gasteiger charge is 2.21. The number of aryl methyl sites for hydroxylation is 1. The fourth-order valence-corrected chi connectivity index (χ4v) is 4.26. The van der Waals surface area contributed by atoms with Gasteiger partial charge in [0.05, 0.1) is 28.3 Å². The Labute approximate surface area is 206 Å². The third-order valence-electron chi connectivity index (χ3n) is 5.42. The molecule has 0 radical (unpaired) electrons. The predicted octanol–water partition coefficient (Wildman–Crippen LogP) is 5.40. The Kier molecular flexibility index (Phi) is 6.75. The van der Waals surface area contributed by atoms with E-state index in [0.29, 0.717) is 22.5 Å². The van der Waals surface area contributed by atoms with Crippen LogP contribution in [0, 0.1) is 0 Å². The number of ether oxygens (including phenoxy) is 1. The summed E-state index contributed by atoms with van der Waals surface area (Å²) >= 11 is 12.8. The van der Waals surface area contributed by atoms with Gasteiger partial charge in [-0.15, -0.1) is 34.2 Å². The van der Waals surface area contributed by atoms with Crippen molar-refractivity contribution in [2.45, 2.75) is 32.0 Å². The van der Waals surface area contributed by atoms with E-state index >= 15 is 0 Å². The van der Waals surface area contributed by atoms with E-state index in [9.17, 15) is 0 Å². The van der Waals surface area contributed by atoms with Gasteiger partial charge in [-0.05, 0) is 25.3 Å². The molecule has 2 N–H and O–H groups in total. The van der Waals surface area contributed by atoms with Gasteiger partial charge < -0.3 is 19.6 Å². The second-order valence-electron chi connectivity index (χ2n) is 7.41. The normalized spacial score (nSPS) is 16.4. The van der Waals surface area contributed by atoms with E-state index in [0.717, 1.165) is 53.6 Å². The number of fused-ring (bicyclic) bond motifs is 1. The SMILES string of the molecule is Cn1cnnc1NCc1[nH]c2c(Cl)c(Cl)ccc2c1-c1cnn(C2CCCCO2)c1.I. The highest BCUT2D eigenvalue weighted by molar-refractivity contribution is 14.0. The van der Waals surface area contributed by atoms with Gasteiger partial charge in [0.1, 0.15) is 12.6 Å². The standard InChI is InChI=1S/C20H21Cl2N7O.HI/c1-28-11-24-27-20(28)23-9-15-17(13-5-6-14(21)18(22)19(13)26-15)12-8-25-29(10-12)16-4-2-3-7-30-16;/h5-6,8,10-11,16,26H,2-4,7,9H2,1H3,(H,23,27);1H. The Morgan fingerprint density at radius 2 is 2.16 bits per heavy atom. The topological polar surface area (TPSA) is 85.6 Å². The van der Waals surface area contributed by atoms with Gasteiger partial charge in [0.2, 0.25) is 5.95 Å². The van der Waals surface area contributed by atoms with Crippen LogP contribution in [0.15, 0.2) is 30.9 Å². The van der Waals surface area contributed by atoms with E-state index in [2.05, 4.69) is 25.6 Å². The minimum Gasteiger partial charge on any atom is -0.357 e. The molecule has 1 aromatic carbocycles. The molecule has 1 aliphatic heterocycles. The number of aromatic amines is 1. The van der Waals surface area contributed by atoms with Crippen molar-refractivity contribution in [1.29, 1.82) is 0 Å². The first-order valence-corrected chi connectivity index (χ1v) is 10.6. The van der Waals surface area contributed by atoms with Gasteiger partial charge in [-0.2, -0.15) is 5.10 Å². The predicted molar refractivity (Wildman–Crippen MR) is 132 cm³/mol. The van der Waals surface area contributed by atoms with Crippen molar-refractivity contribution in [3.63, 3.8) is 0 Å². The maximum absolute atomic E-state index is 6.50. The summed E-state index contributed by atoms with van der Waals surface area (Å²) in [5.74, 6) is 0.676. The summed E-state index contributed by atoms with van der Waals surface area (Å²) in [7, 11) is 1.89. The molecule has 1 saturated heterocycles. The van der Waals surface area contributed by atoms with E-state index in [4.69, 9.17) is 27.9 Å². The Morgan fingerprint density at radius 1 is 1.29 bits per heavy atom. The van der Waals surface area contributed by atoms with Crippen molar-refractivity contribution in [3.8, 4) is 11.1 Å². The minimum atomic E-state index is -0.0176. The fraction of sp³-hybridized carbons (Fsp3) is 0.350. The number of hydrogen-bond donors (Lipinski definition) is 2. The van der Waals surface area contributed by atoms with Gasteiger partial charge >= 0.3 is 0 Å². The number of hydrogen-bond acceptors (Lipinski definition) is 5. The van der Waals surface area contributed by atoms with Crippen molar-refractivity contribution in [1.82, 2.24) is 29.5 Å². The minimum absolute atomic E-state index is 0. The molecule has 5 rings (SSSR count). The highest BCUT2D eigenvalue weighted by Crippen LogP contribution is 2.39. The number of anilines is 1. The van der Waals surface area contributed by atoms with Crippen LogP contribution >= 0.6 is 47.2 Å². The van der Waals surface area contributed by atoms with Crippen LogP contribution in [-0.2, 0) is 18.3 Å². The molecular weight excluding hydrogens is 552 g/mol. The van der Waals surface area contributed by atoms with Gasteiger partial charge in [-0.25, -0.2) is 4.68 Å². The Balaban J connectivity index is 0.00000231. The fourth-order valence-electron chi connectivity index (χ4n) is 3.89. The molecule has 1 atom stereocenters. The van der Waals surface area contributed by atoms with E-state index in [-0.39, 0.29) is 30.2 Å². The molecule has 1 unspecified atom stereocenters. The summed E-state index contributed by atoms with van der Waals surface area (Å²) in [5.41, 5.74) is 3.78. The molecule has 8 nitrogen and oxygen atoms in total. The molecule has 11 heteroatoms. The van der Waals surface area contributed by atoms with Crippen LogP contribution in [-0.4, -0.2) is 36.1 Å². The third kappa shape index (κ3) is 4.28. The molecule has 31 heavy (non-hydrogen) atoms. The van der Waals surface area contributed by atoms with Crippen LogP contribution < -0.4 is 5.32 Å². The number of aromatic nitrogens is 6. The largest absolute Gasteiger partial charge is 0.357 e.